The Morgan fingerprint density at radius 2 is 1.62 bits per heavy atom. The Hall–Kier alpha value is -3.73. The van der Waals surface area contributed by atoms with Crippen LogP contribution in [0.25, 0.3) is 11.3 Å². The maximum Gasteiger partial charge on any atom is 0.277 e. The van der Waals surface area contributed by atoms with Crippen molar-refractivity contribution in [1.82, 2.24) is 9.59 Å². The van der Waals surface area contributed by atoms with Crippen LogP contribution in [-0.4, -0.2) is 25.3 Å². The summed E-state index contributed by atoms with van der Waals surface area (Å²) in [6.07, 6.45) is 0. The maximum absolute atomic E-state index is 12.3. The van der Waals surface area contributed by atoms with E-state index in [9.17, 15) is 25.0 Å². The molecular weight excluding hydrogens is 362 g/mol. The zero-order valence-electron chi connectivity index (χ0n) is 12.9. The molecule has 0 bridgehead atoms. The molecule has 0 radical (unpaired) electrons. The lowest BCUT2D eigenvalue weighted by Gasteiger charge is -2.06. The van der Waals surface area contributed by atoms with Gasteiger partial charge in [0.2, 0.25) is 0 Å². The van der Waals surface area contributed by atoms with Crippen LogP contribution in [0.15, 0.2) is 47.8 Å². The smallest absolute Gasteiger partial charge is 0.277 e. The quantitative estimate of drug-likeness (QED) is 0.536. The average Bonchev–Trinajstić information content (AvgIpc) is 3.16. The minimum Gasteiger partial charge on any atom is -0.322 e. The fraction of sp³-hybridized carbons (Fsp3) is 0. The van der Waals surface area contributed by atoms with Gasteiger partial charge in [-0.25, -0.2) is 0 Å². The van der Waals surface area contributed by atoms with Gasteiger partial charge >= 0.3 is 0 Å². The predicted molar refractivity (Wildman–Crippen MR) is 93.0 cm³/mol. The molecule has 0 atom stereocenters. The van der Waals surface area contributed by atoms with E-state index in [1.54, 1.807) is 29.6 Å². The summed E-state index contributed by atoms with van der Waals surface area (Å²) in [7, 11) is 0. The van der Waals surface area contributed by atoms with Gasteiger partial charge in [0.25, 0.3) is 17.3 Å². The van der Waals surface area contributed by atoms with E-state index < -0.39 is 27.1 Å². The van der Waals surface area contributed by atoms with Gasteiger partial charge in [0.15, 0.2) is 0 Å². The Bertz CT molecular complexity index is 956. The second kappa shape index (κ2) is 7.03. The van der Waals surface area contributed by atoms with Crippen molar-refractivity contribution in [1.29, 1.82) is 0 Å². The number of anilines is 1. The van der Waals surface area contributed by atoms with E-state index in [-0.39, 0.29) is 5.56 Å². The third-order valence-corrected chi connectivity index (χ3v) is 3.89. The molecule has 3 aromatic rings. The molecule has 3 rings (SSSR count). The van der Waals surface area contributed by atoms with E-state index in [1.807, 2.05) is 0 Å². The van der Waals surface area contributed by atoms with Gasteiger partial charge in [0.05, 0.1) is 21.5 Å². The number of rotatable bonds is 5. The highest BCUT2D eigenvalue weighted by Gasteiger charge is 2.20. The summed E-state index contributed by atoms with van der Waals surface area (Å²) in [5.41, 5.74) is 0.686. The summed E-state index contributed by atoms with van der Waals surface area (Å²) < 4.78 is 3.77. The molecule has 26 heavy (non-hydrogen) atoms. The fourth-order valence-electron chi connectivity index (χ4n) is 2.16. The van der Waals surface area contributed by atoms with Gasteiger partial charge in [-0.15, -0.1) is 5.10 Å². The number of nitrogens with one attached hydrogen (secondary N) is 1. The summed E-state index contributed by atoms with van der Waals surface area (Å²) in [6, 6.07) is 9.46. The number of aromatic nitrogens is 2. The summed E-state index contributed by atoms with van der Waals surface area (Å²) >= 11 is 1.21. The number of carbonyl (C=O) groups is 1. The summed E-state index contributed by atoms with van der Waals surface area (Å²) in [6.45, 7) is 0. The van der Waals surface area contributed by atoms with Crippen LogP contribution in [0.4, 0.5) is 17.1 Å². The molecule has 0 saturated carbocycles. The monoisotopic (exact) mass is 371 g/mol. The molecule has 0 aliphatic heterocycles. The van der Waals surface area contributed by atoms with Crippen molar-refractivity contribution >= 4 is 34.5 Å². The number of non-ortho nitro benzene ring substituents is 2. The minimum absolute atomic E-state index is 0.182. The van der Waals surface area contributed by atoms with Crippen LogP contribution in [0.5, 0.6) is 0 Å². The van der Waals surface area contributed by atoms with Gasteiger partial charge < -0.3 is 5.32 Å². The van der Waals surface area contributed by atoms with E-state index >= 15 is 0 Å². The molecule has 0 saturated heterocycles. The predicted octanol–water partition coefficient (Wildman–Crippen LogP) is 3.27. The average molecular weight is 371 g/mol. The van der Waals surface area contributed by atoms with E-state index in [4.69, 9.17) is 0 Å². The van der Waals surface area contributed by atoms with Crippen LogP contribution in [0.2, 0.25) is 0 Å². The van der Waals surface area contributed by atoms with E-state index in [0.717, 1.165) is 23.8 Å². The van der Waals surface area contributed by atoms with Crippen molar-refractivity contribution in [2.45, 2.75) is 0 Å². The topological polar surface area (TPSA) is 141 Å². The highest BCUT2D eigenvalue weighted by atomic mass is 32.1. The zero-order valence-corrected chi connectivity index (χ0v) is 13.7. The van der Waals surface area contributed by atoms with Crippen LogP contribution >= 0.6 is 11.5 Å². The second-order valence-electron chi connectivity index (χ2n) is 5.07. The highest BCUT2D eigenvalue weighted by molar-refractivity contribution is 7.03. The molecule has 0 aliphatic rings. The van der Waals surface area contributed by atoms with Gasteiger partial charge in [-0.2, -0.15) is 0 Å². The van der Waals surface area contributed by atoms with Crippen LogP contribution < -0.4 is 5.32 Å². The van der Waals surface area contributed by atoms with Gasteiger partial charge in [0.1, 0.15) is 5.69 Å². The first-order chi connectivity index (χ1) is 12.4. The van der Waals surface area contributed by atoms with Crippen molar-refractivity contribution in [2.75, 3.05) is 5.32 Å². The SMILES string of the molecule is O=C(Nc1ccc(-c2csnn2)cc1)c1cc([N+](=O)[O-])cc([N+](=O)[O-])c1. The lowest BCUT2D eigenvalue weighted by Crippen LogP contribution is -2.12. The van der Waals surface area contributed by atoms with Gasteiger partial charge in [-0.3, -0.25) is 25.0 Å². The Labute approximate surface area is 149 Å². The molecule has 0 unspecified atom stereocenters. The number of amides is 1. The lowest BCUT2D eigenvalue weighted by atomic mass is 10.1. The molecular formula is C15H9N5O5S. The van der Waals surface area contributed by atoms with E-state index in [0.29, 0.717) is 11.4 Å². The first-order valence-electron chi connectivity index (χ1n) is 7.07. The third kappa shape index (κ3) is 3.67. The Balaban J connectivity index is 1.83. The van der Waals surface area contributed by atoms with Crippen molar-refractivity contribution in [3.63, 3.8) is 0 Å². The summed E-state index contributed by atoms with van der Waals surface area (Å²) in [5, 5.41) is 30.0. The second-order valence-corrected chi connectivity index (χ2v) is 5.68. The van der Waals surface area contributed by atoms with Crippen LogP contribution in [0, 0.1) is 20.2 Å². The molecule has 1 heterocycles. The maximum atomic E-state index is 12.3. The van der Waals surface area contributed by atoms with Crippen molar-refractivity contribution in [3.05, 3.63) is 73.6 Å². The first-order valence-corrected chi connectivity index (χ1v) is 7.90. The highest BCUT2D eigenvalue weighted by Crippen LogP contribution is 2.24. The molecule has 0 fully saturated rings. The molecule has 0 aliphatic carbocycles. The van der Waals surface area contributed by atoms with Gasteiger partial charge in [-0.05, 0) is 23.7 Å². The number of nitro benzene ring substituents is 2. The number of carbonyl (C=O) groups excluding carboxylic acids is 1. The Morgan fingerprint density at radius 3 is 2.12 bits per heavy atom. The molecule has 130 valence electrons. The molecule has 2 aromatic carbocycles. The molecule has 1 aromatic heterocycles. The molecule has 1 N–H and O–H groups in total. The Morgan fingerprint density at radius 1 is 1.00 bits per heavy atom. The van der Waals surface area contributed by atoms with Crippen LogP contribution in [0.1, 0.15) is 10.4 Å². The number of benzene rings is 2. The van der Waals surface area contributed by atoms with Gasteiger partial charge in [-0.1, -0.05) is 16.6 Å². The normalized spacial score (nSPS) is 10.3. The number of hydrogen-bond acceptors (Lipinski definition) is 8. The van der Waals surface area contributed by atoms with Crippen LogP contribution in [-0.2, 0) is 0 Å². The summed E-state index contributed by atoms with van der Waals surface area (Å²) in [4.78, 5) is 32.5. The third-order valence-electron chi connectivity index (χ3n) is 3.38. The van der Waals surface area contributed by atoms with E-state index in [1.165, 1.54) is 11.5 Å². The summed E-state index contributed by atoms with van der Waals surface area (Å²) in [5.74, 6) is -0.695. The largest absolute Gasteiger partial charge is 0.322 e. The van der Waals surface area contributed by atoms with E-state index in [2.05, 4.69) is 14.9 Å². The van der Waals surface area contributed by atoms with Gasteiger partial charge in [0, 0.05) is 28.8 Å². The molecule has 0 spiro atoms. The first kappa shape index (κ1) is 17.1. The van der Waals surface area contributed by atoms with Crippen molar-refractivity contribution < 1.29 is 14.6 Å². The molecule has 10 nitrogen and oxygen atoms in total. The Kier molecular flexibility index (Phi) is 4.62. The van der Waals surface area contributed by atoms with Crippen molar-refractivity contribution in [2.24, 2.45) is 0 Å². The van der Waals surface area contributed by atoms with Crippen LogP contribution in [0.3, 0.4) is 0 Å². The number of nitro groups is 2. The number of hydrogen-bond donors (Lipinski definition) is 1. The fourth-order valence-corrected chi connectivity index (χ4v) is 2.62. The van der Waals surface area contributed by atoms with Crippen molar-refractivity contribution in [3.8, 4) is 11.3 Å². The standard InChI is InChI=1S/C15H9N5O5S/c21-15(10-5-12(19(22)23)7-13(6-10)20(24)25)16-11-3-1-9(2-4-11)14-8-26-18-17-14/h1-8H,(H,16,21). The minimum atomic E-state index is -0.791. The molecule has 1 amide bonds. The number of nitrogens with zero attached hydrogens (tertiary/aromatic N) is 4. The molecule has 11 heteroatoms. The zero-order chi connectivity index (χ0) is 18.7. The lowest BCUT2D eigenvalue weighted by molar-refractivity contribution is -0.394.